The highest BCUT2D eigenvalue weighted by Crippen LogP contribution is 2.21. The van der Waals surface area contributed by atoms with E-state index in [1.54, 1.807) is 0 Å². The molecule has 0 aromatic carbocycles. The second-order valence-corrected chi connectivity index (χ2v) is 5.32. The molecule has 1 aromatic heterocycles. The van der Waals surface area contributed by atoms with E-state index in [1.165, 1.54) is 0 Å². The Hall–Kier alpha value is -1.67. The molecule has 0 radical (unpaired) electrons. The first-order valence-corrected chi connectivity index (χ1v) is 6.97. The largest absolute Gasteiger partial charge is 0.394 e. The summed E-state index contributed by atoms with van der Waals surface area (Å²) in [7, 11) is 0. The van der Waals surface area contributed by atoms with Crippen molar-refractivity contribution in [3.8, 4) is 0 Å². The van der Waals surface area contributed by atoms with E-state index in [2.05, 4.69) is 30.6 Å². The fraction of sp³-hybridized carbons (Fsp3) is 0.750. The van der Waals surface area contributed by atoms with Crippen LogP contribution in [0.2, 0.25) is 0 Å². The number of anilines is 3. The van der Waals surface area contributed by atoms with E-state index >= 15 is 0 Å². The summed E-state index contributed by atoms with van der Waals surface area (Å²) in [4.78, 5) is 15.0. The number of nitrogens with two attached hydrogens (primary N) is 1. The summed E-state index contributed by atoms with van der Waals surface area (Å²) in [5.41, 5.74) is 2.00. The topological polar surface area (TPSA) is 112 Å². The average molecular weight is 281 g/mol. The summed E-state index contributed by atoms with van der Waals surface area (Å²) in [6, 6.07) is 0. The van der Waals surface area contributed by atoms with E-state index in [9.17, 15) is 5.11 Å². The van der Waals surface area contributed by atoms with Crippen molar-refractivity contribution in [3.05, 3.63) is 0 Å². The molecule has 1 atom stereocenters. The Morgan fingerprint density at radius 1 is 1.25 bits per heavy atom. The maximum atomic E-state index is 9.47. The highest BCUT2D eigenvalue weighted by atomic mass is 16.3. The van der Waals surface area contributed by atoms with Gasteiger partial charge in [-0.2, -0.15) is 15.0 Å². The first-order chi connectivity index (χ1) is 9.60. The summed E-state index contributed by atoms with van der Waals surface area (Å²) in [6.45, 7) is 5.80. The monoisotopic (exact) mass is 281 g/mol. The summed E-state index contributed by atoms with van der Waals surface area (Å²) < 4.78 is 0. The van der Waals surface area contributed by atoms with E-state index in [1.807, 2.05) is 13.8 Å². The van der Waals surface area contributed by atoms with Crippen LogP contribution in [-0.4, -0.2) is 45.3 Å². The van der Waals surface area contributed by atoms with E-state index < -0.39 is 5.54 Å². The lowest BCUT2D eigenvalue weighted by Gasteiger charge is -2.27. The second kappa shape index (κ2) is 6.19. The number of rotatable bonds is 6. The molecule has 1 fully saturated rings. The van der Waals surface area contributed by atoms with Crippen LogP contribution in [0.25, 0.3) is 0 Å². The molecule has 0 bridgehead atoms. The van der Waals surface area contributed by atoms with E-state index in [-0.39, 0.29) is 6.61 Å². The van der Waals surface area contributed by atoms with Crippen molar-refractivity contribution in [2.24, 2.45) is 5.84 Å². The van der Waals surface area contributed by atoms with Gasteiger partial charge in [-0.3, -0.25) is 5.43 Å². The molecule has 8 nitrogen and oxygen atoms in total. The quantitative estimate of drug-likeness (QED) is 0.436. The number of hydrogen-bond acceptors (Lipinski definition) is 8. The molecule has 2 heterocycles. The molecule has 2 rings (SSSR count). The van der Waals surface area contributed by atoms with Gasteiger partial charge in [0.1, 0.15) is 0 Å². The van der Waals surface area contributed by atoms with Crippen molar-refractivity contribution >= 4 is 17.8 Å². The van der Waals surface area contributed by atoms with Gasteiger partial charge in [0.05, 0.1) is 12.1 Å². The minimum absolute atomic E-state index is 0.000380. The van der Waals surface area contributed by atoms with Crippen LogP contribution >= 0.6 is 0 Å². The fourth-order valence-electron chi connectivity index (χ4n) is 2.05. The number of hydrogen-bond donors (Lipinski definition) is 4. The van der Waals surface area contributed by atoms with E-state index in [0.717, 1.165) is 32.4 Å². The van der Waals surface area contributed by atoms with Crippen LogP contribution in [0, 0.1) is 0 Å². The van der Waals surface area contributed by atoms with E-state index in [0.29, 0.717) is 17.8 Å². The molecule has 5 N–H and O–H groups in total. The first-order valence-electron chi connectivity index (χ1n) is 6.97. The Morgan fingerprint density at radius 2 is 1.90 bits per heavy atom. The van der Waals surface area contributed by atoms with Crippen LogP contribution in [0.15, 0.2) is 0 Å². The molecule has 1 saturated heterocycles. The average Bonchev–Trinajstić information content (AvgIpc) is 3.01. The van der Waals surface area contributed by atoms with E-state index in [4.69, 9.17) is 5.84 Å². The molecule has 1 aromatic rings. The van der Waals surface area contributed by atoms with Gasteiger partial charge in [-0.1, -0.05) is 6.92 Å². The lowest BCUT2D eigenvalue weighted by Crippen LogP contribution is -2.39. The second-order valence-electron chi connectivity index (χ2n) is 5.32. The SMILES string of the molecule is CCC(C)(CO)Nc1nc(NN)nc(N2CCCC2)n1. The smallest absolute Gasteiger partial charge is 0.243 e. The first kappa shape index (κ1) is 14.7. The lowest BCUT2D eigenvalue weighted by molar-refractivity contribution is 0.218. The van der Waals surface area contributed by atoms with Crippen molar-refractivity contribution in [3.63, 3.8) is 0 Å². The maximum absolute atomic E-state index is 9.47. The van der Waals surface area contributed by atoms with Crippen molar-refractivity contribution in [2.45, 2.75) is 38.6 Å². The normalized spacial score (nSPS) is 17.9. The zero-order valence-electron chi connectivity index (χ0n) is 12.1. The number of aliphatic hydroxyl groups is 1. The van der Waals surface area contributed by atoms with Crippen molar-refractivity contribution < 1.29 is 5.11 Å². The standard InChI is InChI=1S/C12H23N7O/c1-3-12(2,8-20)17-9-14-10(18-13)16-11(15-9)19-6-4-5-7-19/h20H,3-8,13H2,1-2H3,(H2,14,15,16,17,18). The van der Waals surface area contributed by atoms with Crippen molar-refractivity contribution in [1.29, 1.82) is 0 Å². The molecule has 1 unspecified atom stereocenters. The third-order valence-corrected chi connectivity index (χ3v) is 3.68. The lowest BCUT2D eigenvalue weighted by atomic mass is 10.0. The highest BCUT2D eigenvalue weighted by Gasteiger charge is 2.23. The number of nitrogen functional groups attached to an aromatic ring is 1. The zero-order chi connectivity index (χ0) is 14.6. The molecule has 20 heavy (non-hydrogen) atoms. The Bertz CT molecular complexity index is 443. The number of aliphatic hydroxyl groups excluding tert-OH is 1. The van der Waals surface area contributed by atoms with Gasteiger partial charge in [0.25, 0.3) is 0 Å². The predicted octanol–water partition coefficient (Wildman–Crippen LogP) is 0.330. The molecule has 0 spiro atoms. The van der Waals surface area contributed by atoms with Gasteiger partial charge in [-0.25, -0.2) is 5.84 Å². The van der Waals surface area contributed by atoms with Crippen LogP contribution in [0.1, 0.15) is 33.1 Å². The molecule has 0 aliphatic carbocycles. The molecule has 1 aliphatic rings. The molecule has 112 valence electrons. The molecule has 0 amide bonds. The molecule has 8 heteroatoms. The third-order valence-electron chi connectivity index (χ3n) is 3.68. The zero-order valence-corrected chi connectivity index (χ0v) is 12.1. The van der Waals surface area contributed by atoms with Crippen LogP contribution in [0.4, 0.5) is 17.8 Å². The highest BCUT2D eigenvalue weighted by molar-refractivity contribution is 5.44. The van der Waals surface area contributed by atoms with Crippen LogP contribution in [0.5, 0.6) is 0 Å². The number of nitrogens with zero attached hydrogens (tertiary/aromatic N) is 4. The summed E-state index contributed by atoms with van der Waals surface area (Å²) in [6.07, 6.45) is 3.03. The van der Waals surface area contributed by atoms with Crippen LogP contribution in [-0.2, 0) is 0 Å². The summed E-state index contributed by atoms with van der Waals surface area (Å²) in [5, 5.41) is 12.6. The Balaban J connectivity index is 2.25. The predicted molar refractivity (Wildman–Crippen MR) is 78.5 cm³/mol. The minimum Gasteiger partial charge on any atom is -0.394 e. The van der Waals surface area contributed by atoms with Crippen LogP contribution in [0.3, 0.4) is 0 Å². The van der Waals surface area contributed by atoms with Gasteiger partial charge in [-0.15, -0.1) is 0 Å². The molecule has 1 aliphatic heterocycles. The third kappa shape index (κ3) is 3.26. The minimum atomic E-state index is -0.463. The van der Waals surface area contributed by atoms with Gasteiger partial charge >= 0.3 is 0 Å². The van der Waals surface area contributed by atoms with Gasteiger partial charge in [0.15, 0.2) is 0 Å². The maximum Gasteiger partial charge on any atom is 0.243 e. The van der Waals surface area contributed by atoms with Gasteiger partial charge in [0.2, 0.25) is 17.8 Å². The molecular formula is C12H23N7O. The van der Waals surface area contributed by atoms with Crippen molar-refractivity contribution in [1.82, 2.24) is 15.0 Å². The molecule has 0 saturated carbocycles. The van der Waals surface area contributed by atoms with Crippen LogP contribution < -0.4 is 21.5 Å². The Kier molecular flexibility index (Phi) is 4.56. The number of nitrogens with one attached hydrogen (secondary N) is 2. The fourth-order valence-corrected chi connectivity index (χ4v) is 2.05. The summed E-state index contributed by atoms with van der Waals surface area (Å²) in [5.74, 6) is 6.78. The van der Waals surface area contributed by atoms with Gasteiger partial charge in [-0.05, 0) is 26.2 Å². The summed E-state index contributed by atoms with van der Waals surface area (Å²) >= 11 is 0. The number of hydrazine groups is 1. The number of aromatic nitrogens is 3. The van der Waals surface area contributed by atoms with Crippen molar-refractivity contribution in [2.75, 3.05) is 35.3 Å². The molecular weight excluding hydrogens is 258 g/mol. The Labute approximate surface area is 118 Å². The Morgan fingerprint density at radius 3 is 2.45 bits per heavy atom. The van der Waals surface area contributed by atoms with Gasteiger partial charge < -0.3 is 15.3 Å². The van der Waals surface area contributed by atoms with Gasteiger partial charge in [0, 0.05) is 13.1 Å².